The molecule has 0 radical (unpaired) electrons. The van der Waals surface area contributed by atoms with E-state index in [4.69, 9.17) is 11.6 Å². The Morgan fingerprint density at radius 3 is 2.53 bits per heavy atom. The molecule has 4 heteroatoms. The molecule has 0 heterocycles. The summed E-state index contributed by atoms with van der Waals surface area (Å²) in [4.78, 5) is 14.1. The normalized spacial score (nSPS) is 10.1. The summed E-state index contributed by atoms with van der Waals surface area (Å²) < 4.78 is 0. The van der Waals surface area contributed by atoms with E-state index in [-0.39, 0.29) is 5.91 Å². The largest absolute Gasteiger partial charge is 0.376 e. The summed E-state index contributed by atoms with van der Waals surface area (Å²) in [6.07, 6.45) is 0. The van der Waals surface area contributed by atoms with Crippen LogP contribution in [-0.4, -0.2) is 20.0 Å². The van der Waals surface area contributed by atoms with Crippen LogP contribution >= 0.6 is 11.6 Å². The molecule has 0 saturated carbocycles. The van der Waals surface area contributed by atoms with Crippen molar-refractivity contribution in [1.29, 1.82) is 0 Å². The number of benzene rings is 2. The van der Waals surface area contributed by atoms with Crippen molar-refractivity contribution < 1.29 is 4.79 Å². The first-order valence-corrected chi connectivity index (χ1v) is 6.29. The van der Waals surface area contributed by atoms with E-state index in [2.05, 4.69) is 5.32 Å². The zero-order chi connectivity index (χ0) is 13.8. The third-order valence-corrected chi connectivity index (χ3v) is 2.96. The van der Waals surface area contributed by atoms with Gasteiger partial charge in [-0.25, -0.2) is 0 Å². The molecule has 0 aliphatic heterocycles. The maximum Gasteiger partial charge on any atom is 0.255 e. The number of hydrogen-bond donors (Lipinski definition) is 1. The van der Waals surface area contributed by atoms with Crippen LogP contribution < -0.4 is 10.2 Å². The molecule has 0 fully saturated rings. The number of halogens is 1. The average Bonchev–Trinajstić information content (AvgIpc) is 2.39. The van der Waals surface area contributed by atoms with E-state index in [0.717, 1.165) is 11.4 Å². The van der Waals surface area contributed by atoms with Gasteiger partial charge in [-0.2, -0.15) is 0 Å². The van der Waals surface area contributed by atoms with E-state index in [1.807, 2.05) is 43.3 Å². The van der Waals surface area contributed by atoms with E-state index in [1.165, 1.54) is 0 Å². The number of amides is 1. The number of nitrogens with one attached hydrogen (secondary N) is 1. The van der Waals surface area contributed by atoms with E-state index in [9.17, 15) is 4.79 Å². The lowest BCUT2D eigenvalue weighted by Crippen LogP contribution is -2.16. The van der Waals surface area contributed by atoms with Gasteiger partial charge in [-0.3, -0.25) is 4.79 Å². The number of anilines is 2. The zero-order valence-electron chi connectivity index (χ0n) is 10.9. The second-order valence-electron chi connectivity index (χ2n) is 4.38. The summed E-state index contributed by atoms with van der Waals surface area (Å²) in [5.74, 6) is -0.170. The van der Waals surface area contributed by atoms with Gasteiger partial charge in [-0.05, 0) is 30.3 Å². The van der Waals surface area contributed by atoms with Gasteiger partial charge in [-0.1, -0.05) is 29.8 Å². The van der Waals surface area contributed by atoms with Crippen LogP contribution in [0.3, 0.4) is 0 Å². The molecule has 0 spiro atoms. The summed E-state index contributed by atoms with van der Waals surface area (Å²) in [6, 6.07) is 14.5. The second kappa shape index (κ2) is 5.76. The van der Waals surface area contributed by atoms with Crippen LogP contribution in [0.1, 0.15) is 10.4 Å². The Balaban J connectivity index is 2.24. The SMILES string of the molecule is CN(C)c1ccccc1NC(=O)c1cccc(Cl)c1. The van der Waals surface area contributed by atoms with Gasteiger partial charge < -0.3 is 10.2 Å². The Morgan fingerprint density at radius 2 is 1.84 bits per heavy atom. The summed E-state index contributed by atoms with van der Waals surface area (Å²) >= 11 is 5.89. The summed E-state index contributed by atoms with van der Waals surface area (Å²) in [7, 11) is 3.87. The Kier molecular flexibility index (Phi) is 4.07. The number of hydrogen-bond acceptors (Lipinski definition) is 2. The minimum Gasteiger partial charge on any atom is -0.376 e. The van der Waals surface area contributed by atoms with Gasteiger partial charge in [-0.15, -0.1) is 0 Å². The van der Waals surface area contributed by atoms with Crippen LogP contribution in [0.2, 0.25) is 5.02 Å². The molecular weight excluding hydrogens is 260 g/mol. The molecule has 0 bridgehead atoms. The number of carbonyl (C=O) groups excluding carboxylic acids is 1. The molecule has 0 aliphatic rings. The lowest BCUT2D eigenvalue weighted by atomic mass is 10.2. The fourth-order valence-electron chi connectivity index (χ4n) is 1.79. The lowest BCUT2D eigenvalue weighted by molar-refractivity contribution is 0.102. The van der Waals surface area contributed by atoms with Gasteiger partial charge in [0.05, 0.1) is 11.4 Å². The quantitative estimate of drug-likeness (QED) is 0.926. The third-order valence-electron chi connectivity index (χ3n) is 2.72. The van der Waals surface area contributed by atoms with Crippen molar-refractivity contribution in [3.63, 3.8) is 0 Å². The van der Waals surface area contributed by atoms with Crippen LogP contribution in [0.15, 0.2) is 48.5 Å². The highest BCUT2D eigenvalue weighted by Crippen LogP contribution is 2.24. The van der Waals surface area contributed by atoms with Crippen molar-refractivity contribution in [2.45, 2.75) is 0 Å². The average molecular weight is 275 g/mol. The predicted octanol–water partition coefficient (Wildman–Crippen LogP) is 3.66. The van der Waals surface area contributed by atoms with Crippen molar-refractivity contribution in [3.8, 4) is 0 Å². The fraction of sp³-hybridized carbons (Fsp3) is 0.133. The van der Waals surface area contributed by atoms with Crippen LogP contribution in [0, 0.1) is 0 Å². The van der Waals surface area contributed by atoms with Crippen molar-refractivity contribution in [1.82, 2.24) is 0 Å². The third kappa shape index (κ3) is 3.26. The topological polar surface area (TPSA) is 32.3 Å². The lowest BCUT2D eigenvalue weighted by Gasteiger charge is -2.17. The van der Waals surface area contributed by atoms with Crippen LogP contribution in [-0.2, 0) is 0 Å². The van der Waals surface area contributed by atoms with Crippen LogP contribution in [0.4, 0.5) is 11.4 Å². The Labute approximate surface area is 117 Å². The van der Waals surface area contributed by atoms with Gasteiger partial charge in [0, 0.05) is 24.7 Å². The summed E-state index contributed by atoms with van der Waals surface area (Å²) in [5.41, 5.74) is 2.27. The molecule has 19 heavy (non-hydrogen) atoms. The van der Waals surface area contributed by atoms with Crippen molar-refractivity contribution >= 4 is 28.9 Å². The molecule has 0 saturated heterocycles. The van der Waals surface area contributed by atoms with Crippen molar-refractivity contribution in [3.05, 3.63) is 59.1 Å². The molecule has 0 aliphatic carbocycles. The number of carbonyl (C=O) groups is 1. The van der Waals surface area contributed by atoms with Gasteiger partial charge >= 0.3 is 0 Å². The maximum absolute atomic E-state index is 12.2. The standard InChI is InChI=1S/C15H15ClN2O/c1-18(2)14-9-4-3-8-13(14)17-15(19)11-6-5-7-12(16)10-11/h3-10H,1-2H3,(H,17,19). The van der Waals surface area contributed by atoms with E-state index in [0.29, 0.717) is 10.6 Å². The molecule has 0 atom stereocenters. The van der Waals surface area contributed by atoms with Gasteiger partial charge in [0.1, 0.15) is 0 Å². The second-order valence-corrected chi connectivity index (χ2v) is 4.81. The molecule has 2 aromatic carbocycles. The van der Waals surface area contributed by atoms with Gasteiger partial charge in [0.25, 0.3) is 5.91 Å². The van der Waals surface area contributed by atoms with Crippen molar-refractivity contribution in [2.24, 2.45) is 0 Å². The fourth-order valence-corrected chi connectivity index (χ4v) is 1.98. The number of para-hydroxylation sites is 2. The monoisotopic (exact) mass is 274 g/mol. The molecule has 2 aromatic rings. The molecule has 2 rings (SSSR count). The Hall–Kier alpha value is -2.00. The van der Waals surface area contributed by atoms with Gasteiger partial charge in [0.15, 0.2) is 0 Å². The molecule has 1 amide bonds. The molecule has 0 unspecified atom stereocenters. The highest BCUT2D eigenvalue weighted by atomic mass is 35.5. The predicted molar refractivity (Wildman–Crippen MR) is 80.2 cm³/mol. The number of rotatable bonds is 3. The smallest absolute Gasteiger partial charge is 0.255 e. The van der Waals surface area contributed by atoms with Crippen LogP contribution in [0.5, 0.6) is 0 Å². The van der Waals surface area contributed by atoms with Crippen LogP contribution in [0.25, 0.3) is 0 Å². The van der Waals surface area contributed by atoms with Gasteiger partial charge in [0.2, 0.25) is 0 Å². The van der Waals surface area contributed by atoms with Crippen molar-refractivity contribution in [2.75, 3.05) is 24.3 Å². The highest BCUT2D eigenvalue weighted by Gasteiger charge is 2.09. The van der Waals surface area contributed by atoms with E-state index < -0.39 is 0 Å². The minimum absolute atomic E-state index is 0.170. The molecule has 98 valence electrons. The Morgan fingerprint density at radius 1 is 1.11 bits per heavy atom. The molecule has 0 aromatic heterocycles. The molecule has 1 N–H and O–H groups in total. The number of nitrogens with zero attached hydrogens (tertiary/aromatic N) is 1. The molecular formula is C15H15ClN2O. The first-order valence-electron chi connectivity index (χ1n) is 5.91. The first kappa shape index (κ1) is 13.4. The zero-order valence-corrected chi connectivity index (χ0v) is 11.6. The summed E-state index contributed by atoms with van der Waals surface area (Å²) in [5, 5.41) is 3.45. The van der Waals surface area contributed by atoms with E-state index >= 15 is 0 Å². The van der Waals surface area contributed by atoms with E-state index in [1.54, 1.807) is 24.3 Å². The molecule has 3 nitrogen and oxygen atoms in total. The summed E-state index contributed by atoms with van der Waals surface area (Å²) in [6.45, 7) is 0. The first-order chi connectivity index (χ1) is 9.08. The Bertz CT molecular complexity index is 596. The highest BCUT2D eigenvalue weighted by molar-refractivity contribution is 6.31. The maximum atomic E-state index is 12.2. The minimum atomic E-state index is -0.170.